The lowest BCUT2D eigenvalue weighted by Crippen LogP contribution is -2.30. The molecule has 3 heteroatoms. The topological polar surface area (TPSA) is 29.5 Å². The molecule has 3 nitrogen and oxygen atoms in total. The molecule has 0 fully saturated rings. The van der Waals surface area contributed by atoms with Crippen LogP contribution in [0.3, 0.4) is 0 Å². The first-order chi connectivity index (χ1) is 8.63. The Labute approximate surface area is 110 Å². The quantitative estimate of drug-likeness (QED) is 0.726. The lowest BCUT2D eigenvalue weighted by Gasteiger charge is -2.26. The highest BCUT2D eigenvalue weighted by Gasteiger charge is 2.15. The number of carbonyl (C=O) groups excluding carboxylic acids is 1. The van der Waals surface area contributed by atoms with Crippen molar-refractivity contribution in [3.05, 3.63) is 35.4 Å². The molecule has 0 spiro atoms. The van der Waals surface area contributed by atoms with Crippen molar-refractivity contribution in [1.82, 2.24) is 4.90 Å². The van der Waals surface area contributed by atoms with Crippen molar-refractivity contribution >= 4 is 5.97 Å². The minimum absolute atomic E-state index is 0.261. The number of esters is 1. The normalized spacial score (nSPS) is 11.0. The Kier molecular flexibility index (Phi) is 5.86. The van der Waals surface area contributed by atoms with E-state index in [1.54, 1.807) is 0 Å². The average Bonchev–Trinajstić information content (AvgIpc) is 2.40. The summed E-state index contributed by atoms with van der Waals surface area (Å²) in [6, 6.07) is 8.19. The summed E-state index contributed by atoms with van der Waals surface area (Å²) in [5.74, 6) is -0.261. The van der Waals surface area contributed by atoms with E-state index in [4.69, 9.17) is 4.74 Å². The second-order valence-electron chi connectivity index (χ2n) is 4.53. The minimum Gasteiger partial charge on any atom is -0.465 e. The molecule has 0 aliphatic rings. The van der Waals surface area contributed by atoms with Crippen molar-refractivity contribution < 1.29 is 9.53 Å². The van der Waals surface area contributed by atoms with Gasteiger partial charge in [0.1, 0.15) is 0 Å². The van der Waals surface area contributed by atoms with Crippen LogP contribution in [0.25, 0.3) is 0 Å². The molecule has 0 N–H and O–H groups in total. The smallest absolute Gasteiger partial charge is 0.338 e. The van der Waals surface area contributed by atoms with Gasteiger partial charge in [-0.25, -0.2) is 4.79 Å². The van der Waals surface area contributed by atoms with Gasteiger partial charge < -0.3 is 4.74 Å². The molecule has 0 aliphatic heterocycles. The zero-order chi connectivity index (χ0) is 13.5. The molecule has 0 unspecified atom stereocenters. The third-order valence-corrected chi connectivity index (χ3v) is 3.41. The van der Waals surface area contributed by atoms with Gasteiger partial charge in [0.2, 0.25) is 0 Å². The van der Waals surface area contributed by atoms with E-state index in [9.17, 15) is 4.79 Å². The fourth-order valence-corrected chi connectivity index (χ4v) is 2.28. The fraction of sp³-hybridized carbons (Fsp3) is 0.533. The Hall–Kier alpha value is -1.35. The summed E-state index contributed by atoms with van der Waals surface area (Å²) < 4.78 is 4.81. The highest BCUT2D eigenvalue weighted by Crippen LogP contribution is 2.15. The van der Waals surface area contributed by atoms with Gasteiger partial charge in [0.25, 0.3) is 0 Å². The molecule has 0 amide bonds. The average molecular weight is 249 g/mol. The standard InChI is InChI=1S/C15H23NO2/c1-5-13(6-2)16(3)11-12-9-7-8-10-14(12)15(17)18-4/h7-10,13H,5-6,11H2,1-4H3. The van der Waals surface area contributed by atoms with Gasteiger partial charge in [-0.3, -0.25) is 4.90 Å². The molecule has 0 atom stereocenters. The minimum atomic E-state index is -0.261. The molecule has 18 heavy (non-hydrogen) atoms. The molecule has 0 saturated carbocycles. The van der Waals surface area contributed by atoms with Crippen molar-refractivity contribution in [3.8, 4) is 0 Å². The number of rotatable bonds is 6. The van der Waals surface area contributed by atoms with Crippen LogP contribution >= 0.6 is 0 Å². The largest absolute Gasteiger partial charge is 0.465 e. The van der Waals surface area contributed by atoms with E-state index < -0.39 is 0 Å². The Morgan fingerprint density at radius 3 is 2.44 bits per heavy atom. The van der Waals surface area contributed by atoms with Crippen LogP contribution in [0.15, 0.2) is 24.3 Å². The molecule has 0 aromatic heterocycles. The Bertz CT molecular complexity index is 386. The summed E-state index contributed by atoms with van der Waals surface area (Å²) in [4.78, 5) is 14.0. The maximum atomic E-state index is 11.7. The molecular formula is C15H23NO2. The number of hydrogen-bond donors (Lipinski definition) is 0. The summed E-state index contributed by atoms with van der Waals surface area (Å²) in [7, 11) is 3.52. The summed E-state index contributed by atoms with van der Waals surface area (Å²) in [5.41, 5.74) is 1.69. The number of benzene rings is 1. The van der Waals surface area contributed by atoms with Gasteiger partial charge in [-0.05, 0) is 31.5 Å². The summed E-state index contributed by atoms with van der Waals surface area (Å²) in [5, 5.41) is 0. The molecule has 1 rings (SSSR count). The zero-order valence-electron chi connectivity index (χ0n) is 11.8. The van der Waals surface area contributed by atoms with E-state index in [2.05, 4.69) is 25.8 Å². The van der Waals surface area contributed by atoms with Crippen LogP contribution in [-0.4, -0.2) is 31.1 Å². The van der Waals surface area contributed by atoms with Crippen LogP contribution < -0.4 is 0 Å². The van der Waals surface area contributed by atoms with E-state index in [0.29, 0.717) is 11.6 Å². The molecular weight excluding hydrogens is 226 g/mol. The predicted molar refractivity (Wildman–Crippen MR) is 73.6 cm³/mol. The molecule has 1 aromatic carbocycles. The van der Waals surface area contributed by atoms with Gasteiger partial charge >= 0.3 is 5.97 Å². The third kappa shape index (κ3) is 3.57. The maximum Gasteiger partial charge on any atom is 0.338 e. The summed E-state index contributed by atoms with van der Waals surface area (Å²) >= 11 is 0. The molecule has 0 aliphatic carbocycles. The van der Waals surface area contributed by atoms with Gasteiger partial charge in [-0.1, -0.05) is 32.0 Å². The highest BCUT2D eigenvalue weighted by molar-refractivity contribution is 5.90. The van der Waals surface area contributed by atoms with Gasteiger partial charge in [-0.15, -0.1) is 0 Å². The Morgan fingerprint density at radius 2 is 1.89 bits per heavy atom. The van der Waals surface area contributed by atoms with Gasteiger partial charge in [-0.2, -0.15) is 0 Å². The first kappa shape index (κ1) is 14.7. The maximum absolute atomic E-state index is 11.7. The van der Waals surface area contributed by atoms with Crippen molar-refractivity contribution in [3.63, 3.8) is 0 Å². The lowest BCUT2D eigenvalue weighted by molar-refractivity contribution is 0.0598. The van der Waals surface area contributed by atoms with E-state index in [1.165, 1.54) is 7.11 Å². The van der Waals surface area contributed by atoms with Crippen LogP contribution in [0.1, 0.15) is 42.6 Å². The first-order valence-electron chi connectivity index (χ1n) is 6.50. The van der Waals surface area contributed by atoms with Crippen molar-refractivity contribution in [2.45, 2.75) is 39.3 Å². The SMILES string of the molecule is CCC(CC)N(C)Cc1ccccc1C(=O)OC. The van der Waals surface area contributed by atoms with E-state index in [0.717, 1.165) is 24.9 Å². The van der Waals surface area contributed by atoms with E-state index in [-0.39, 0.29) is 5.97 Å². The molecule has 100 valence electrons. The first-order valence-corrected chi connectivity index (χ1v) is 6.50. The monoisotopic (exact) mass is 249 g/mol. The van der Waals surface area contributed by atoms with Crippen LogP contribution in [0, 0.1) is 0 Å². The number of ether oxygens (including phenoxy) is 1. The lowest BCUT2D eigenvalue weighted by atomic mass is 10.1. The van der Waals surface area contributed by atoms with Crippen molar-refractivity contribution in [2.75, 3.05) is 14.2 Å². The zero-order valence-corrected chi connectivity index (χ0v) is 11.8. The van der Waals surface area contributed by atoms with Crippen molar-refractivity contribution in [1.29, 1.82) is 0 Å². The highest BCUT2D eigenvalue weighted by atomic mass is 16.5. The molecule has 0 radical (unpaired) electrons. The van der Waals surface area contributed by atoms with Gasteiger partial charge in [0.05, 0.1) is 12.7 Å². The second-order valence-corrected chi connectivity index (χ2v) is 4.53. The Balaban J connectivity index is 2.87. The van der Waals surface area contributed by atoms with Gasteiger partial charge in [0.15, 0.2) is 0 Å². The molecule has 0 heterocycles. The number of hydrogen-bond acceptors (Lipinski definition) is 3. The van der Waals surface area contributed by atoms with Crippen LogP contribution in [0.4, 0.5) is 0 Å². The second kappa shape index (κ2) is 7.17. The number of nitrogens with zero attached hydrogens (tertiary/aromatic N) is 1. The predicted octanol–water partition coefficient (Wildman–Crippen LogP) is 3.09. The van der Waals surface area contributed by atoms with E-state index in [1.807, 2.05) is 24.3 Å². The number of methoxy groups -OCH3 is 1. The van der Waals surface area contributed by atoms with Crippen LogP contribution in [0.5, 0.6) is 0 Å². The van der Waals surface area contributed by atoms with E-state index >= 15 is 0 Å². The summed E-state index contributed by atoms with van der Waals surface area (Å²) in [6.07, 6.45) is 2.24. The van der Waals surface area contributed by atoms with Gasteiger partial charge in [0, 0.05) is 12.6 Å². The molecule has 0 bridgehead atoms. The third-order valence-electron chi connectivity index (χ3n) is 3.41. The van der Waals surface area contributed by atoms with Crippen LogP contribution in [0.2, 0.25) is 0 Å². The summed E-state index contributed by atoms with van der Waals surface area (Å²) in [6.45, 7) is 5.16. The number of carbonyl (C=O) groups is 1. The van der Waals surface area contributed by atoms with Crippen LogP contribution in [-0.2, 0) is 11.3 Å². The molecule has 1 aromatic rings. The molecule has 0 saturated heterocycles. The Morgan fingerprint density at radius 1 is 1.28 bits per heavy atom. The van der Waals surface area contributed by atoms with Crippen molar-refractivity contribution in [2.24, 2.45) is 0 Å². The fourth-order valence-electron chi connectivity index (χ4n) is 2.28.